The maximum atomic E-state index is 12.4. The van der Waals surface area contributed by atoms with Crippen molar-refractivity contribution in [3.05, 3.63) is 29.8 Å². The van der Waals surface area contributed by atoms with Crippen molar-refractivity contribution < 1.29 is 8.78 Å². The smallest absolute Gasteiger partial charge is 0.255 e. The topological polar surface area (TPSA) is 15.3 Å². The Hall–Kier alpha value is -1.16. The molecule has 0 saturated carbocycles. The first-order valence-electron chi connectivity index (χ1n) is 5.09. The summed E-state index contributed by atoms with van der Waals surface area (Å²) >= 11 is 0. The van der Waals surface area contributed by atoms with Crippen molar-refractivity contribution >= 4 is 5.69 Å². The van der Waals surface area contributed by atoms with Gasteiger partial charge in [-0.3, -0.25) is 0 Å². The fourth-order valence-electron chi connectivity index (χ4n) is 1.88. The number of para-hydroxylation sites is 1. The summed E-state index contributed by atoms with van der Waals surface area (Å²) < 4.78 is 24.8. The van der Waals surface area contributed by atoms with Crippen LogP contribution in [0.3, 0.4) is 0 Å². The Morgan fingerprint density at radius 3 is 2.93 bits per heavy atom. The van der Waals surface area contributed by atoms with Crippen LogP contribution < -0.4 is 10.2 Å². The first-order valence-corrected chi connectivity index (χ1v) is 5.09. The van der Waals surface area contributed by atoms with Crippen LogP contribution in [0.25, 0.3) is 0 Å². The van der Waals surface area contributed by atoms with Crippen molar-refractivity contribution in [3.8, 4) is 0 Å². The SMILES string of the molecule is FC(F)CN1CCNCc2ccccc21. The lowest BCUT2D eigenvalue weighted by atomic mass is 10.1. The number of hydrogen-bond donors (Lipinski definition) is 1. The summed E-state index contributed by atoms with van der Waals surface area (Å²) in [7, 11) is 0. The van der Waals surface area contributed by atoms with Gasteiger partial charge in [-0.05, 0) is 11.6 Å². The second kappa shape index (κ2) is 4.57. The number of nitrogens with zero attached hydrogens (tertiary/aromatic N) is 1. The van der Waals surface area contributed by atoms with Crippen molar-refractivity contribution in [2.75, 3.05) is 24.5 Å². The molecule has 1 aromatic rings. The molecule has 1 aliphatic heterocycles. The number of nitrogens with one attached hydrogen (secondary N) is 1. The highest BCUT2D eigenvalue weighted by atomic mass is 19.3. The largest absolute Gasteiger partial charge is 0.364 e. The molecule has 0 radical (unpaired) electrons. The average molecular weight is 212 g/mol. The van der Waals surface area contributed by atoms with E-state index in [0.29, 0.717) is 6.54 Å². The lowest BCUT2D eigenvalue weighted by molar-refractivity contribution is 0.155. The Morgan fingerprint density at radius 2 is 2.13 bits per heavy atom. The normalized spacial score (nSPS) is 16.3. The molecule has 0 atom stereocenters. The van der Waals surface area contributed by atoms with Gasteiger partial charge in [-0.25, -0.2) is 8.78 Å². The summed E-state index contributed by atoms with van der Waals surface area (Å²) in [5.74, 6) is 0. The van der Waals surface area contributed by atoms with Crippen LogP contribution in [0.4, 0.5) is 14.5 Å². The van der Waals surface area contributed by atoms with E-state index in [9.17, 15) is 8.78 Å². The van der Waals surface area contributed by atoms with Gasteiger partial charge in [0, 0.05) is 25.3 Å². The van der Waals surface area contributed by atoms with Crippen LogP contribution in [-0.4, -0.2) is 26.1 Å². The van der Waals surface area contributed by atoms with Crippen LogP contribution in [0.5, 0.6) is 0 Å². The quantitative estimate of drug-likeness (QED) is 0.805. The summed E-state index contributed by atoms with van der Waals surface area (Å²) in [5.41, 5.74) is 2.03. The molecule has 1 N–H and O–H groups in total. The van der Waals surface area contributed by atoms with Gasteiger partial charge >= 0.3 is 0 Å². The highest BCUT2D eigenvalue weighted by Gasteiger charge is 2.17. The van der Waals surface area contributed by atoms with E-state index in [1.165, 1.54) is 0 Å². The van der Waals surface area contributed by atoms with E-state index >= 15 is 0 Å². The Balaban J connectivity index is 2.24. The minimum Gasteiger partial charge on any atom is -0.364 e. The zero-order valence-corrected chi connectivity index (χ0v) is 8.42. The van der Waals surface area contributed by atoms with Gasteiger partial charge in [-0.2, -0.15) is 0 Å². The minimum atomic E-state index is -2.28. The molecule has 2 rings (SSSR count). The molecule has 0 fully saturated rings. The maximum Gasteiger partial charge on any atom is 0.255 e. The number of fused-ring (bicyclic) bond motifs is 1. The standard InChI is InChI=1S/C11H14F2N2/c12-11(13)8-15-6-5-14-7-9-3-1-2-4-10(9)15/h1-4,11,14H,5-8H2. The maximum absolute atomic E-state index is 12.4. The average Bonchev–Trinajstić information content (AvgIpc) is 2.41. The third-order valence-corrected chi connectivity index (χ3v) is 2.56. The van der Waals surface area contributed by atoms with Crippen LogP contribution in [0.15, 0.2) is 24.3 Å². The second-order valence-electron chi connectivity index (χ2n) is 3.64. The van der Waals surface area contributed by atoms with Crippen LogP contribution in [-0.2, 0) is 6.54 Å². The molecule has 4 heteroatoms. The van der Waals surface area contributed by atoms with Gasteiger partial charge in [0.1, 0.15) is 0 Å². The van der Waals surface area contributed by atoms with Gasteiger partial charge in [0.15, 0.2) is 0 Å². The Labute approximate surface area is 87.9 Å². The lowest BCUT2D eigenvalue weighted by Crippen LogP contribution is -2.32. The van der Waals surface area contributed by atoms with Gasteiger partial charge in [0.25, 0.3) is 6.43 Å². The molecule has 0 unspecified atom stereocenters. The minimum absolute atomic E-state index is 0.182. The molecule has 15 heavy (non-hydrogen) atoms. The molecular weight excluding hydrogens is 198 g/mol. The van der Waals surface area contributed by atoms with Crippen LogP contribution >= 0.6 is 0 Å². The van der Waals surface area contributed by atoms with Crippen LogP contribution in [0, 0.1) is 0 Å². The molecule has 0 bridgehead atoms. The van der Waals surface area contributed by atoms with E-state index in [1.54, 1.807) is 4.90 Å². The number of alkyl halides is 2. The van der Waals surface area contributed by atoms with Gasteiger partial charge in [-0.1, -0.05) is 18.2 Å². The first-order chi connectivity index (χ1) is 7.27. The van der Waals surface area contributed by atoms with Gasteiger partial charge in [0.05, 0.1) is 6.54 Å². The number of hydrogen-bond acceptors (Lipinski definition) is 2. The Morgan fingerprint density at radius 1 is 1.33 bits per heavy atom. The van der Waals surface area contributed by atoms with E-state index in [0.717, 1.165) is 24.3 Å². The molecule has 0 spiro atoms. The highest BCUT2D eigenvalue weighted by Crippen LogP contribution is 2.22. The monoisotopic (exact) mass is 212 g/mol. The van der Waals surface area contributed by atoms with Crippen molar-refractivity contribution in [2.45, 2.75) is 13.0 Å². The van der Waals surface area contributed by atoms with Gasteiger partial charge < -0.3 is 10.2 Å². The third-order valence-electron chi connectivity index (χ3n) is 2.56. The summed E-state index contributed by atoms with van der Waals surface area (Å²) in [6, 6.07) is 7.71. The van der Waals surface area contributed by atoms with Crippen molar-refractivity contribution in [1.82, 2.24) is 5.32 Å². The molecule has 1 aliphatic rings. The number of benzene rings is 1. The third kappa shape index (κ3) is 2.45. The van der Waals surface area contributed by atoms with E-state index in [4.69, 9.17) is 0 Å². The Bertz CT molecular complexity index is 328. The molecule has 1 heterocycles. The van der Waals surface area contributed by atoms with Crippen molar-refractivity contribution in [2.24, 2.45) is 0 Å². The van der Waals surface area contributed by atoms with Gasteiger partial charge in [0.2, 0.25) is 0 Å². The highest BCUT2D eigenvalue weighted by molar-refractivity contribution is 5.54. The molecular formula is C11H14F2N2. The fourth-order valence-corrected chi connectivity index (χ4v) is 1.88. The number of anilines is 1. The van der Waals surface area contributed by atoms with E-state index in [2.05, 4.69) is 5.32 Å². The number of rotatable bonds is 2. The zero-order valence-electron chi connectivity index (χ0n) is 8.42. The molecule has 0 amide bonds. The first kappa shape index (κ1) is 10.4. The van der Waals surface area contributed by atoms with Gasteiger partial charge in [-0.15, -0.1) is 0 Å². The molecule has 82 valence electrons. The summed E-state index contributed by atoms with van der Waals surface area (Å²) in [4.78, 5) is 1.75. The summed E-state index contributed by atoms with van der Waals surface area (Å²) in [6.45, 7) is 1.97. The summed E-state index contributed by atoms with van der Waals surface area (Å²) in [6.07, 6.45) is -2.28. The molecule has 2 nitrogen and oxygen atoms in total. The van der Waals surface area contributed by atoms with E-state index in [-0.39, 0.29) is 6.54 Å². The molecule has 1 aromatic carbocycles. The van der Waals surface area contributed by atoms with E-state index < -0.39 is 6.43 Å². The zero-order chi connectivity index (χ0) is 10.7. The summed E-state index contributed by atoms with van der Waals surface area (Å²) in [5, 5.41) is 3.22. The Kier molecular flexibility index (Phi) is 3.16. The fraction of sp³-hybridized carbons (Fsp3) is 0.455. The van der Waals surface area contributed by atoms with Crippen LogP contribution in [0.2, 0.25) is 0 Å². The predicted octanol–water partition coefficient (Wildman–Crippen LogP) is 1.86. The number of halogens is 2. The van der Waals surface area contributed by atoms with Crippen molar-refractivity contribution in [3.63, 3.8) is 0 Å². The molecule has 0 aromatic heterocycles. The van der Waals surface area contributed by atoms with Crippen LogP contribution in [0.1, 0.15) is 5.56 Å². The lowest BCUT2D eigenvalue weighted by Gasteiger charge is -2.23. The second-order valence-corrected chi connectivity index (χ2v) is 3.64. The van der Waals surface area contributed by atoms with Crippen molar-refractivity contribution in [1.29, 1.82) is 0 Å². The molecule has 0 aliphatic carbocycles. The predicted molar refractivity (Wildman–Crippen MR) is 56.4 cm³/mol. The van der Waals surface area contributed by atoms with E-state index in [1.807, 2.05) is 24.3 Å². The molecule has 0 saturated heterocycles.